The molecule has 1 aromatic carbocycles. The number of hydrogen-bond acceptors (Lipinski definition) is 1. The van der Waals surface area contributed by atoms with Gasteiger partial charge in [-0.1, -0.05) is 0 Å². The SMILES string of the molecule is CCn1c(-c2ccc(F)cc2)ccc1-c1ccco1. The van der Waals surface area contributed by atoms with Crippen LogP contribution in [-0.2, 0) is 6.54 Å². The molecule has 3 rings (SSSR count). The normalized spacial score (nSPS) is 10.8. The van der Waals surface area contributed by atoms with Crippen molar-refractivity contribution in [1.29, 1.82) is 0 Å². The summed E-state index contributed by atoms with van der Waals surface area (Å²) in [5, 5.41) is 0. The minimum absolute atomic E-state index is 0.218. The van der Waals surface area contributed by atoms with Crippen LogP contribution in [0.4, 0.5) is 4.39 Å². The van der Waals surface area contributed by atoms with Gasteiger partial charge in [0.2, 0.25) is 0 Å². The van der Waals surface area contributed by atoms with Crippen LogP contribution in [-0.4, -0.2) is 4.57 Å². The average molecular weight is 255 g/mol. The molecule has 3 aromatic rings. The van der Waals surface area contributed by atoms with E-state index in [9.17, 15) is 4.39 Å². The Labute approximate surface area is 111 Å². The largest absolute Gasteiger partial charge is 0.463 e. The molecular weight excluding hydrogens is 241 g/mol. The maximum atomic E-state index is 13.0. The Morgan fingerprint density at radius 1 is 1.00 bits per heavy atom. The van der Waals surface area contributed by atoms with Crippen LogP contribution >= 0.6 is 0 Å². The molecule has 0 unspecified atom stereocenters. The van der Waals surface area contributed by atoms with Crippen LogP contribution in [0.15, 0.2) is 59.2 Å². The molecular formula is C16H14FNO. The summed E-state index contributed by atoms with van der Waals surface area (Å²) < 4.78 is 20.6. The zero-order valence-corrected chi connectivity index (χ0v) is 10.6. The first-order valence-corrected chi connectivity index (χ1v) is 6.29. The smallest absolute Gasteiger partial charge is 0.150 e. The van der Waals surface area contributed by atoms with Crippen LogP contribution in [0.2, 0.25) is 0 Å². The summed E-state index contributed by atoms with van der Waals surface area (Å²) in [5.74, 6) is 0.625. The van der Waals surface area contributed by atoms with Crippen molar-refractivity contribution in [1.82, 2.24) is 4.57 Å². The van der Waals surface area contributed by atoms with Gasteiger partial charge < -0.3 is 8.98 Å². The molecule has 0 N–H and O–H groups in total. The maximum Gasteiger partial charge on any atom is 0.150 e. The van der Waals surface area contributed by atoms with Crippen LogP contribution in [0.25, 0.3) is 22.7 Å². The van der Waals surface area contributed by atoms with Gasteiger partial charge in [0.1, 0.15) is 11.6 Å². The average Bonchev–Trinajstić information content (AvgIpc) is 3.08. The second-order valence-electron chi connectivity index (χ2n) is 4.33. The lowest BCUT2D eigenvalue weighted by molar-refractivity contribution is 0.574. The minimum atomic E-state index is -0.218. The lowest BCUT2D eigenvalue weighted by Gasteiger charge is -2.10. The van der Waals surface area contributed by atoms with E-state index in [2.05, 4.69) is 11.5 Å². The van der Waals surface area contributed by atoms with Crippen molar-refractivity contribution < 1.29 is 8.81 Å². The molecule has 0 radical (unpaired) electrons. The van der Waals surface area contributed by atoms with Crippen molar-refractivity contribution in [3.8, 4) is 22.7 Å². The number of nitrogens with zero attached hydrogens (tertiary/aromatic N) is 1. The third-order valence-electron chi connectivity index (χ3n) is 3.21. The molecule has 0 saturated carbocycles. The molecule has 96 valence electrons. The molecule has 0 fully saturated rings. The van der Waals surface area contributed by atoms with E-state index < -0.39 is 0 Å². The molecule has 0 atom stereocenters. The molecule has 0 aliphatic heterocycles. The number of benzene rings is 1. The molecule has 2 heterocycles. The molecule has 0 saturated heterocycles. The fraction of sp³-hybridized carbons (Fsp3) is 0.125. The molecule has 19 heavy (non-hydrogen) atoms. The highest BCUT2D eigenvalue weighted by Gasteiger charge is 2.12. The van der Waals surface area contributed by atoms with Crippen LogP contribution in [0, 0.1) is 5.82 Å². The van der Waals surface area contributed by atoms with Crippen molar-refractivity contribution in [3.05, 3.63) is 60.6 Å². The lowest BCUT2D eigenvalue weighted by atomic mass is 10.1. The van der Waals surface area contributed by atoms with Crippen LogP contribution in [0.3, 0.4) is 0 Å². The van der Waals surface area contributed by atoms with Gasteiger partial charge in [0.25, 0.3) is 0 Å². The Hall–Kier alpha value is -2.29. The van der Waals surface area contributed by atoms with E-state index in [0.717, 1.165) is 29.3 Å². The van der Waals surface area contributed by atoms with Gasteiger partial charge in [0.05, 0.1) is 12.0 Å². The maximum absolute atomic E-state index is 13.0. The quantitative estimate of drug-likeness (QED) is 0.670. The van der Waals surface area contributed by atoms with Gasteiger partial charge in [-0.25, -0.2) is 4.39 Å². The number of aromatic nitrogens is 1. The first-order chi connectivity index (χ1) is 9.29. The molecule has 0 aliphatic rings. The summed E-state index contributed by atoms with van der Waals surface area (Å²) in [5.41, 5.74) is 3.10. The summed E-state index contributed by atoms with van der Waals surface area (Å²) in [7, 11) is 0. The van der Waals surface area contributed by atoms with E-state index >= 15 is 0 Å². The predicted octanol–water partition coefficient (Wildman–Crippen LogP) is 4.57. The van der Waals surface area contributed by atoms with Gasteiger partial charge in [-0.2, -0.15) is 0 Å². The molecule has 0 bridgehead atoms. The van der Waals surface area contributed by atoms with Crippen LogP contribution in [0.1, 0.15) is 6.92 Å². The minimum Gasteiger partial charge on any atom is -0.463 e. The topological polar surface area (TPSA) is 18.1 Å². The Morgan fingerprint density at radius 3 is 2.37 bits per heavy atom. The molecule has 0 spiro atoms. The van der Waals surface area contributed by atoms with E-state index in [4.69, 9.17) is 4.42 Å². The van der Waals surface area contributed by atoms with Crippen molar-refractivity contribution in [3.63, 3.8) is 0 Å². The highest BCUT2D eigenvalue weighted by atomic mass is 19.1. The summed E-state index contributed by atoms with van der Waals surface area (Å²) in [4.78, 5) is 0. The van der Waals surface area contributed by atoms with Gasteiger partial charge >= 0.3 is 0 Å². The first-order valence-electron chi connectivity index (χ1n) is 6.29. The lowest BCUT2D eigenvalue weighted by Crippen LogP contribution is -1.98. The Bertz CT molecular complexity index is 665. The predicted molar refractivity (Wildman–Crippen MR) is 73.2 cm³/mol. The van der Waals surface area contributed by atoms with Crippen molar-refractivity contribution in [2.24, 2.45) is 0 Å². The fourth-order valence-electron chi connectivity index (χ4n) is 2.32. The summed E-state index contributed by atoms with van der Waals surface area (Å²) in [6, 6.07) is 14.4. The molecule has 2 nitrogen and oxygen atoms in total. The van der Waals surface area contributed by atoms with E-state index in [0.29, 0.717) is 0 Å². The molecule has 2 aromatic heterocycles. The van der Waals surface area contributed by atoms with Crippen molar-refractivity contribution in [2.75, 3.05) is 0 Å². The van der Waals surface area contributed by atoms with Gasteiger partial charge in [0.15, 0.2) is 0 Å². The van der Waals surface area contributed by atoms with E-state index in [1.54, 1.807) is 18.4 Å². The Balaban J connectivity index is 2.10. The summed E-state index contributed by atoms with van der Waals surface area (Å²) >= 11 is 0. The third-order valence-corrected chi connectivity index (χ3v) is 3.21. The standard InChI is InChI=1S/C16H14FNO/c1-2-18-14(12-5-7-13(17)8-6-12)9-10-15(18)16-4-3-11-19-16/h3-11H,2H2,1H3. The third kappa shape index (κ3) is 2.08. The number of hydrogen-bond donors (Lipinski definition) is 0. The van der Waals surface area contributed by atoms with Gasteiger partial charge in [0, 0.05) is 12.2 Å². The zero-order valence-electron chi connectivity index (χ0n) is 10.6. The van der Waals surface area contributed by atoms with Crippen LogP contribution in [0.5, 0.6) is 0 Å². The molecule has 0 aliphatic carbocycles. The van der Waals surface area contributed by atoms with E-state index in [1.807, 2.05) is 24.3 Å². The van der Waals surface area contributed by atoms with Crippen LogP contribution < -0.4 is 0 Å². The first kappa shape index (κ1) is 11.8. The van der Waals surface area contributed by atoms with E-state index in [-0.39, 0.29) is 5.82 Å². The molecule has 0 amide bonds. The Kier molecular flexibility index (Phi) is 2.95. The second kappa shape index (κ2) is 4.76. The zero-order chi connectivity index (χ0) is 13.2. The van der Waals surface area contributed by atoms with E-state index in [1.165, 1.54) is 12.1 Å². The fourth-order valence-corrected chi connectivity index (χ4v) is 2.32. The summed E-state index contributed by atoms with van der Waals surface area (Å²) in [6.07, 6.45) is 1.67. The van der Waals surface area contributed by atoms with Gasteiger partial charge in [-0.3, -0.25) is 0 Å². The summed E-state index contributed by atoms with van der Waals surface area (Å²) in [6.45, 7) is 2.91. The second-order valence-corrected chi connectivity index (χ2v) is 4.33. The monoisotopic (exact) mass is 255 g/mol. The van der Waals surface area contributed by atoms with Crippen molar-refractivity contribution >= 4 is 0 Å². The number of furan rings is 1. The highest BCUT2D eigenvalue weighted by molar-refractivity contribution is 5.67. The highest BCUT2D eigenvalue weighted by Crippen LogP contribution is 2.29. The van der Waals surface area contributed by atoms with Gasteiger partial charge in [-0.15, -0.1) is 0 Å². The van der Waals surface area contributed by atoms with Crippen molar-refractivity contribution in [2.45, 2.75) is 13.5 Å². The number of halogens is 1. The number of rotatable bonds is 3. The Morgan fingerprint density at radius 2 is 1.74 bits per heavy atom. The van der Waals surface area contributed by atoms with Gasteiger partial charge in [-0.05, 0) is 61.0 Å². The molecule has 3 heteroatoms.